The first-order valence-electron chi connectivity index (χ1n) is 8.82. The molecule has 158 valence electrons. The highest BCUT2D eigenvalue weighted by atomic mass is 19.4. The van der Waals surface area contributed by atoms with Gasteiger partial charge in [0.1, 0.15) is 0 Å². The zero-order valence-electron chi connectivity index (χ0n) is 15.6. The maximum absolute atomic E-state index is 12.3. The molecule has 1 aromatic carbocycles. The lowest BCUT2D eigenvalue weighted by molar-refractivity contribution is -0.174. The van der Waals surface area contributed by atoms with Crippen LogP contribution in [0.2, 0.25) is 0 Å². The van der Waals surface area contributed by atoms with Crippen molar-refractivity contribution in [1.82, 2.24) is 10.0 Å². The molecule has 2 rings (SSSR count). The highest BCUT2D eigenvalue weighted by molar-refractivity contribution is 5.81. The maximum Gasteiger partial charge on any atom is 0.471 e. The first-order chi connectivity index (χ1) is 13.6. The number of benzene rings is 1. The fraction of sp³-hybridized carbons (Fsp3) is 0.368. The molecule has 2 aromatic rings. The fourth-order valence-electron chi connectivity index (χ4n) is 2.63. The van der Waals surface area contributed by atoms with Crippen LogP contribution >= 0.6 is 0 Å². The van der Waals surface area contributed by atoms with Crippen LogP contribution in [0.1, 0.15) is 30.9 Å². The molecule has 0 saturated heterocycles. The van der Waals surface area contributed by atoms with Gasteiger partial charge in [-0.3, -0.25) is 4.79 Å². The normalized spacial score (nSPS) is 12.4. The average Bonchev–Trinajstić information content (AvgIpc) is 2.94. The minimum absolute atomic E-state index is 0.0549. The Morgan fingerprint density at radius 3 is 2.17 bits per heavy atom. The quantitative estimate of drug-likeness (QED) is 0.616. The first-order valence-corrected chi connectivity index (χ1v) is 8.82. The number of rotatable bonds is 8. The topological polar surface area (TPSA) is 101 Å². The summed E-state index contributed by atoms with van der Waals surface area (Å²) in [5.74, 6) is -3.38. The van der Waals surface area contributed by atoms with E-state index in [9.17, 15) is 33.0 Å². The van der Waals surface area contributed by atoms with Gasteiger partial charge in [-0.15, -0.1) is 4.73 Å². The lowest BCUT2D eigenvalue weighted by Gasteiger charge is -2.15. The highest BCUT2D eigenvalue weighted by Crippen LogP contribution is 2.19. The van der Waals surface area contributed by atoms with Crippen molar-refractivity contribution in [1.29, 1.82) is 0 Å². The van der Waals surface area contributed by atoms with Crippen LogP contribution in [-0.2, 0) is 22.4 Å². The number of hydrogen-bond donors (Lipinski definition) is 3. The van der Waals surface area contributed by atoms with Gasteiger partial charge in [0.15, 0.2) is 0 Å². The van der Waals surface area contributed by atoms with E-state index in [0.717, 1.165) is 11.1 Å². The molecule has 1 amide bonds. The zero-order valence-corrected chi connectivity index (χ0v) is 15.6. The van der Waals surface area contributed by atoms with Gasteiger partial charge in [0.05, 0.1) is 0 Å². The number of carbonyl (C=O) groups excluding carboxylic acids is 2. The van der Waals surface area contributed by atoms with Crippen LogP contribution in [0, 0.1) is 0 Å². The Balaban J connectivity index is 1.76. The summed E-state index contributed by atoms with van der Waals surface area (Å²) in [5.41, 5.74) is 1.68. The second-order valence-corrected chi connectivity index (χ2v) is 6.55. The van der Waals surface area contributed by atoms with Gasteiger partial charge in [0.25, 0.3) is 0 Å². The van der Waals surface area contributed by atoms with Crippen LogP contribution in [0.25, 0.3) is 0 Å². The van der Waals surface area contributed by atoms with Gasteiger partial charge in [-0.2, -0.15) is 13.2 Å². The van der Waals surface area contributed by atoms with Gasteiger partial charge in [0.2, 0.25) is 11.8 Å². The smallest absolute Gasteiger partial charge is 0.471 e. The standard InChI is InChI=1S/C19H21F3N2O5/c1-12(23-18(28)19(20,21)22)11-14-7-5-13(6-8-14)3-2-4-17(27)29-24-15(25)9-10-16(24)26/h5-10,12,25-26H,2-4,11H2,1H3,(H,23,28). The molecule has 0 bridgehead atoms. The van der Waals surface area contributed by atoms with Gasteiger partial charge >= 0.3 is 18.1 Å². The van der Waals surface area contributed by atoms with E-state index >= 15 is 0 Å². The number of hydrogen-bond acceptors (Lipinski definition) is 5. The van der Waals surface area contributed by atoms with Crippen LogP contribution < -0.4 is 10.2 Å². The van der Waals surface area contributed by atoms with Gasteiger partial charge in [-0.1, -0.05) is 24.3 Å². The number of amides is 1. The number of nitrogens with zero attached hydrogens (tertiary/aromatic N) is 1. The van der Waals surface area contributed by atoms with E-state index in [4.69, 9.17) is 4.84 Å². The van der Waals surface area contributed by atoms with Gasteiger partial charge in [-0.05, 0) is 37.3 Å². The Morgan fingerprint density at radius 2 is 1.62 bits per heavy atom. The molecule has 29 heavy (non-hydrogen) atoms. The van der Waals surface area contributed by atoms with Crippen LogP contribution in [0.4, 0.5) is 13.2 Å². The Morgan fingerprint density at radius 1 is 1.07 bits per heavy atom. The van der Waals surface area contributed by atoms with Gasteiger partial charge in [0, 0.05) is 24.6 Å². The number of carbonyl (C=O) groups is 2. The zero-order chi connectivity index (χ0) is 21.6. The predicted molar refractivity (Wildman–Crippen MR) is 96.1 cm³/mol. The van der Waals surface area contributed by atoms with E-state index in [1.54, 1.807) is 24.3 Å². The molecule has 3 N–H and O–H groups in total. The van der Waals surface area contributed by atoms with Crippen LogP contribution in [0.5, 0.6) is 11.8 Å². The molecule has 1 heterocycles. The second kappa shape index (κ2) is 9.35. The first kappa shape index (κ1) is 22.1. The second-order valence-electron chi connectivity index (χ2n) is 6.55. The van der Waals surface area contributed by atoms with Crippen LogP contribution in [0.3, 0.4) is 0 Å². The van der Waals surface area contributed by atoms with Crippen molar-refractivity contribution in [2.24, 2.45) is 0 Å². The summed E-state index contributed by atoms with van der Waals surface area (Å²) in [6, 6.07) is 8.77. The van der Waals surface area contributed by atoms with Crippen molar-refractivity contribution in [2.45, 2.75) is 44.8 Å². The molecule has 0 aliphatic rings. The number of halogens is 3. The summed E-state index contributed by atoms with van der Waals surface area (Å²) in [7, 11) is 0. The number of aromatic hydroxyl groups is 2. The largest absolute Gasteiger partial charge is 0.492 e. The molecule has 0 saturated carbocycles. The van der Waals surface area contributed by atoms with E-state index in [0.29, 0.717) is 17.6 Å². The Hall–Kier alpha value is -3.17. The lowest BCUT2D eigenvalue weighted by Crippen LogP contribution is -2.42. The number of nitrogens with one attached hydrogen (secondary N) is 1. The van der Waals surface area contributed by atoms with Crippen molar-refractivity contribution in [3.05, 3.63) is 47.5 Å². The van der Waals surface area contributed by atoms with E-state index in [1.807, 2.05) is 5.32 Å². The summed E-state index contributed by atoms with van der Waals surface area (Å²) >= 11 is 0. The molecular weight excluding hydrogens is 393 g/mol. The molecule has 0 fully saturated rings. The Bertz CT molecular complexity index is 827. The van der Waals surface area contributed by atoms with Crippen molar-refractivity contribution in [3.8, 4) is 11.8 Å². The van der Waals surface area contributed by atoms with Crippen LogP contribution in [-0.4, -0.2) is 39.0 Å². The lowest BCUT2D eigenvalue weighted by atomic mass is 10.0. The van der Waals surface area contributed by atoms with E-state index in [1.165, 1.54) is 19.1 Å². The molecule has 1 aromatic heterocycles. The molecule has 0 aliphatic heterocycles. The van der Waals surface area contributed by atoms with E-state index < -0.39 is 35.9 Å². The van der Waals surface area contributed by atoms with Gasteiger partial charge < -0.3 is 20.4 Å². The van der Waals surface area contributed by atoms with E-state index in [2.05, 4.69) is 0 Å². The third kappa shape index (κ3) is 6.74. The maximum atomic E-state index is 12.3. The molecule has 0 aliphatic carbocycles. The number of aromatic nitrogens is 1. The fourth-order valence-corrected chi connectivity index (χ4v) is 2.63. The van der Waals surface area contributed by atoms with Crippen molar-refractivity contribution in [2.75, 3.05) is 0 Å². The Kier molecular flexibility index (Phi) is 7.13. The summed E-state index contributed by atoms with van der Waals surface area (Å²) in [4.78, 5) is 27.5. The Labute approximate surface area is 164 Å². The van der Waals surface area contributed by atoms with Crippen molar-refractivity contribution >= 4 is 11.9 Å². The monoisotopic (exact) mass is 414 g/mol. The molecular formula is C19H21F3N2O5. The van der Waals surface area contributed by atoms with Crippen LogP contribution in [0.15, 0.2) is 36.4 Å². The van der Waals surface area contributed by atoms with E-state index in [-0.39, 0.29) is 12.8 Å². The molecule has 1 unspecified atom stereocenters. The van der Waals surface area contributed by atoms with Gasteiger partial charge in [-0.25, -0.2) is 4.79 Å². The molecule has 0 radical (unpaired) electrons. The highest BCUT2D eigenvalue weighted by Gasteiger charge is 2.39. The SMILES string of the molecule is CC(Cc1ccc(CCCC(=O)On2c(O)ccc2O)cc1)NC(=O)C(F)(F)F. The minimum Gasteiger partial charge on any atom is -0.492 e. The number of aryl methyl sites for hydroxylation is 1. The number of alkyl halides is 3. The average molecular weight is 414 g/mol. The summed E-state index contributed by atoms with van der Waals surface area (Å²) in [5, 5.41) is 20.7. The van der Waals surface area contributed by atoms with Crippen molar-refractivity contribution < 1.29 is 37.8 Å². The third-order valence-corrected chi connectivity index (χ3v) is 4.04. The summed E-state index contributed by atoms with van der Waals surface area (Å²) < 4.78 is 37.4. The minimum atomic E-state index is -4.90. The molecule has 1 atom stereocenters. The summed E-state index contributed by atoms with van der Waals surface area (Å²) in [6.45, 7) is 1.49. The van der Waals surface area contributed by atoms with Crippen molar-refractivity contribution in [3.63, 3.8) is 0 Å². The molecule has 0 spiro atoms. The molecule has 7 nitrogen and oxygen atoms in total. The molecule has 10 heteroatoms. The third-order valence-electron chi connectivity index (χ3n) is 4.04. The summed E-state index contributed by atoms with van der Waals surface area (Å²) in [6.07, 6.45) is -3.59. The predicted octanol–water partition coefficient (Wildman–Crippen LogP) is 2.49.